The van der Waals surface area contributed by atoms with E-state index in [1.807, 2.05) is 13.8 Å². The maximum absolute atomic E-state index is 11.8. The molecule has 0 aliphatic carbocycles. The number of carbonyl (C=O) groups excluding carboxylic acids is 4. The van der Waals surface area contributed by atoms with Gasteiger partial charge in [-0.05, 0) is 73.9 Å². The third-order valence-electron chi connectivity index (χ3n) is 5.73. The van der Waals surface area contributed by atoms with Gasteiger partial charge >= 0.3 is 23.9 Å². The minimum Gasteiger partial charge on any atom is -0.426 e. The first kappa shape index (κ1) is 30.5. The molecule has 2 aromatic carbocycles. The molecule has 38 heavy (non-hydrogen) atoms. The number of esters is 4. The van der Waals surface area contributed by atoms with Gasteiger partial charge in [0.1, 0.15) is 23.0 Å². The number of aryl methyl sites for hydroxylation is 2. The van der Waals surface area contributed by atoms with E-state index in [-0.39, 0.29) is 0 Å². The number of benzene rings is 2. The van der Waals surface area contributed by atoms with Crippen molar-refractivity contribution in [2.45, 2.75) is 92.9 Å². The number of unbranched alkanes of at least 4 members (excludes halogenated alkanes) is 2. The number of carbonyl (C=O) groups is 4. The molecule has 0 aromatic heterocycles. The molecule has 0 atom stereocenters. The summed E-state index contributed by atoms with van der Waals surface area (Å²) in [5, 5.41) is 0. The maximum atomic E-state index is 11.8. The molecule has 8 nitrogen and oxygen atoms in total. The van der Waals surface area contributed by atoms with Crippen LogP contribution in [0.2, 0.25) is 0 Å². The quantitative estimate of drug-likeness (QED) is 0.236. The zero-order chi connectivity index (χ0) is 28.2. The van der Waals surface area contributed by atoms with Gasteiger partial charge < -0.3 is 18.9 Å². The molecule has 0 heterocycles. The predicted octanol–water partition coefficient (Wildman–Crippen LogP) is 5.86. The van der Waals surface area contributed by atoms with Crippen LogP contribution < -0.4 is 18.9 Å². The zero-order valence-corrected chi connectivity index (χ0v) is 23.2. The van der Waals surface area contributed by atoms with Crippen molar-refractivity contribution in [1.82, 2.24) is 0 Å². The van der Waals surface area contributed by atoms with Crippen molar-refractivity contribution in [3.63, 3.8) is 0 Å². The van der Waals surface area contributed by atoms with Gasteiger partial charge in [-0.25, -0.2) is 0 Å². The largest absolute Gasteiger partial charge is 0.426 e. The zero-order valence-electron chi connectivity index (χ0n) is 23.2. The van der Waals surface area contributed by atoms with E-state index in [1.54, 1.807) is 24.3 Å². The highest BCUT2D eigenvalue weighted by atomic mass is 16.6. The van der Waals surface area contributed by atoms with Gasteiger partial charge in [0.15, 0.2) is 0 Å². The van der Waals surface area contributed by atoms with Gasteiger partial charge in [-0.1, -0.05) is 26.7 Å². The third kappa shape index (κ3) is 9.65. The van der Waals surface area contributed by atoms with E-state index in [0.717, 1.165) is 36.8 Å². The molecule has 2 rings (SSSR count). The molecule has 8 heteroatoms. The van der Waals surface area contributed by atoms with Gasteiger partial charge in [0.25, 0.3) is 0 Å². The van der Waals surface area contributed by atoms with Crippen molar-refractivity contribution in [2.24, 2.45) is 0 Å². The normalized spacial score (nSPS) is 10.6. The molecule has 0 fully saturated rings. The highest BCUT2D eigenvalue weighted by Crippen LogP contribution is 2.35. The molecule has 0 N–H and O–H groups in total. The molecule has 0 bridgehead atoms. The van der Waals surface area contributed by atoms with Gasteiger partial charge in [-0.2, -0.15) is 0 Å². The lowest BCUT2D eigenvalue weighted by Crippen LogP contribution is -2.10. The Balaban J connectivity index is 2.49. The van der Waals surface area contributed by atoms with E-state index < -0.39 is 23.9 Å². The standard InChI is InChI=1S/C30H38O8/c1-7-9-11-25-27(35-19(3)31)15-23(16-28(25)36-20(4)32)13-14-24-17-29(37-21(5)33)26(12-10-8-2)30(18-24)38-22(6)34/h15-18H,7-14H2,1-6H3. The smallest absolute Gasteiger partial charge is 0.308 e. The Bertz CT molecular complexity index is 999. The van der Waals surface area contributed by atoms with Crippen LogP contribution in [0.15, 0.2) is 24.3 Å². The third-order valence-corrected chi connectivity index (χ3v) is 5.73. The second-order valence-corrected chi connectivity index (χ2v) is 9.22. The number of hydrogen-bond acceptors (Lipinski definition) is 8. The van der Waals surface area contributed by atoms with Crippen LogP contribution in [0.1, 0.15) is 89.5 Å². The van der Waals surface area contributed by atoms with Crippen molar-refractivity contribution in [1.29, 1.82) is 0 Å². The second kappa shape index (κ2) is 14.9. The van der Waals surface area contributed by atoms with Crippen molar-refractivity contribution in [3.05, 3.63) is 46.5 Å². The topological polar surface area (TPSA) is 105 Å². The molecule has 0 spiro atoms. The Kier molecular flexibility index (Phi) is 12.0. The summed E-state index contributed by atoms with van der Waals surface area (Å²) in [6.45, 7) is 9.41. The van der Waals surface area contributed by atoms with Gasteiger partial charge in [0.2, 0.25) is 0 Å². The Morgan fingerprint density at radius 3 is 0.974 bits per heavy atom. The average Bonchev–Trinajstić information content (AvgIpc) is 2.80. The lowest BCUT2D eigenvalue weighted by atomic mass is 9.97. The van der Waals surface area contributed by atoms with E-state index in [9.17, 15) is 19.2 Å². The average molecular weight is 527 g/mol. The summed E-state index contributed by atoms with van der Waals surface area (Å²) in [4.78, 5) is 47.2. The van der Waals surface area contributed by atoms with Crippen molar-refractivity contribution in [3.8, 4) is 23.0 Å². The summed E-state index contributed by atoms with van der Waals surface area (Å²) in [5.74, 6) is -0.373. The summed E-state index contributed by atoms with van der Waals surface area (Å²) >= 11 is 0. The second-order valence-electron chi connectivity index (χ2n) is 9.22. The maximum Gasteiger partial charge on any atom is 0.308 e. The van der Waals surface area contributed by atoms with Gasteiger partial charge in [-0.15, -0.1) is 0 Å². The van der Waals surface area contributed by atoms with Crippen LogP contribution in [0.25, 0.3) is 0 Å². The monoisotopic (exact) mass is 526 g/mol. The van der Waals surface area contributed by atoms with Gasteiger partial charge in [0, 0.05) is 38.8 Å². The van der Waals surface area contributed by atoms with Crippen LogP contribution >= 0.6 is 0 Å². The summed E-state index contributed by atoms with van der Waals surface area (Å²) in [7, 11) is 0. The summed E-state index contributed by atoms with van der Waals surface area (Å²) in [5.41, 5.74) is 2.93. The Hall–Kier alpha value is -3.68. The van der Waals surface area contributed by atoms with Crippen molar-refractivity contribution < 1.29 is 38.1 Å². The molecule has 0 aliphatic heterocycles. The Labute approximate surface area is 224 Å². The van der Waals surface area contributed by atoms with E-state index in [4.69, 9.17) is 18.9 Å². The molecule has 0 aliphatic rings. The molecule has 0 saturated carbocycles. The summed E-state index contributed by atoms with van der Waals surface area (Å²) in [6, 6.07) is 7.15. The van der Waals surface area contributed by atoms with Crippen LogP contribution in [0, 0.1) is 0 Å². The number of ether oxygens (including phenoxy) is 4. The van der Waals surface area contributed by atoms with Gasteiger partial charge in [0.05, 0.1) is 0 Å². The van der Waals surface area contributed by atoms with E-state index in [1.165, 1.54) is 27.7 Å². The molecule has 0 radical (unpaired) electrons. The fraction of sp³-hybridized carbons (Fsp3) is 0.467. The van der Waals surface area contributed by atoms with Crippen LogP contribution in [0.5, 0.6) is 23.0 Å². The van der Waals surface area contributed by atoms with Gasteiger partial charge in [-0.3, -0.25) is 19.2 Å². The number of rotatable bonds is 13. The van der Waals surface area contributed by atoms with Crippen LogP contribution in [0.3, 0.4) is 0 Å². The first-order chi connectivity index (χ1) is 18.0. The predicted molar refractivity (Wildman–Crippen MR) is 143 cm³/mol. The SMILES string of the molecule is CCCCc1c(OC(C)=O)cc(CCc2cc(OC(C)=O)c(CCCC)c(OC(C)=O)c2)cc1OC(C)=O. The molecule has 0 saturated heterocycles. The van der Waals surface area contributed by atoms with Crippen LogP contribution in [-0.4, -0.2) is 23.9 Å². The van der Waals surface area contributed by atoms with E-state index in [2.05, 4.69) is 0 Å². The Morgan fingerprint density at radius 2 is 0.763 bits per heavy atom. The molecule has 2 aromatic rings. The minimum atomic E-state index is -0.464. The molecule has 0 amide bonds. The highest BCUT2D eigenvalue weighted by Gasteiger charge is 2.19. The fourth-order valence-electron chi connectivity index (χ4n) is 4.11. The van der Waals surface area contributed by atoms with Crippen LogP contribution in [0.4, 0.5) is 0 Å². The first-order valence-electron chi connectivity index (χ1n) is 13.1. The minimum absolute atomic E-state index is 0.371. The van der Waals surface area contributed by atoms with Crippen molar-refractivity contribution in [2.75, 3.05) is 0 Å². The lowest BCUT2D eigenvalue weighted by molar-refractivity contribution is -0.133. The van der Waals surface area contributed by atoms with Crippen molar-refractivity contribution >= 4 is 23.9 Å². The molecule has 206 valence electrons. The van der Waals surface area contributed by atoms with Crippen LogP contribution in [-0.2, 0) is 44.9 Å². The fourth-order valence-corrected chi connectivity index (χ4v) is 4.11. The summed E-state index contributed by atoms with van der Waals surface area (Å²) in [6.07, 6.45) is 5.69. The molecular formula is C30H38O8. The first-order valence-corrected chi connectivity index (χ1v) is 13.1. The summed E-state index contributed by atoms with van der Waals surface area (Å²) < 4.78 is 22.0. The number of hydrogen-bond donors (Lipinski definition) is 0. The Morgan fingerprint density at radius 1 is 0.500 bits per heavy atom. The lowest BCUT2D eigenvalue weighted by Gasteiger charge is -2.17. The van der Waals surface area contributed by atoms with E-state index >= 15 is 0 Å². The molecule has 0 unspecified atom stereocenters. The highest BCUT2D eigenvalue weighted by molar-refractivity contribution is 5.74. The van der Waals surface area contributed by atoms with E-state index in [0.29, 0.717) is 59.8 Å². The molecular weight excluding hydrogens is 488 g/mol.